The molecule has 1 aromatic heterocycles. The Hall–Kier alpha value is -0.790. The fourth-order valence-electron chi connectivity index (χ4n) is 4.35. The summed E-state index contributed by atoms with van der Waals surface area (Å²) in [7, 11) is 0. The molecule has 0 aliphatic carbocycles. The number of unbranched alkanes of at least 4 members (excludes halogenated alkanes) is 15. The van der Waals surface area contributed by atoms with E-state index >= 15 is 0 Å². The molecule has 0 N–H and O–H groups in total. The zero-order valence-electron chi connectivity index (χ0n) is 20.4. The van der Waals surface area contributed by atoms with Gasteiger partial charge in [0.1, 0.15) is 12.4 Å². The molecular formula is C27H53N2+. The molecule has 1 rings (SSSR count). The third-order valence-electron chi connectivity index (χ3n) is 6.35. The van der Waals surface area contributed by atoms with Gasteiger partial charge in [-0.2, -0.15) is 0 Å². The highest BCUT2D eigenvalue weighted by molar-refractivity contribution is 4.84. The van der Waals surface area contributed by atoms with Crippen LogP contribution in [0.5, 0.6) is 0 Å². The predicted octanol–water partition coefficient (Wildman–Crippen LogP) is 8.40. The first kappa shape index (κ1) is 26.2. The molecule has 0 aliphatic heterocycles. The molecule has 0 saturated heterocycles. The standard InChI is InChI=1S/C27H53N2/c1-4-7-10-12-13-14-15-16-17-19-21-24-29-26-25-28(23-9-6-3)27(29)22-20-18-11-8-5-2/h25-26H,4-24H2,1-3H3/q+1. The van der Waals surface area contributed by atoms with Gasteiger partial charge in [0.25, 0.3) is 5.82 Å². The van der Waals surface area contributed by atoms with Crippen LogP contribution in [-0.4, -0.2) is 4.57 Å². The van der Waals surface area contributed by atoms with E-state index in [-0.39, 0.29) is 0 Å². The van der Waals surface area contributed by atoms with E-state index in [2.05, 4.69) is 42.3 Å². The summed E-state index contributed by atoms with van der Waals surface area (Å²) in [6.45, 7) is 9.33. The van der Waals surface area contributed by atoms with Gasteiger partial charge in [0.15, 0.2) is 0 Å². The van der Waals surface area contributed by atoms with E-state index in [0.717, 1.165) is 0 Å². The van der Waals surface area contributed by atoms with Crippen molar-refractivity contribution in [3.63, 3.8) is 0 Å². The highest BCUT2D eigenvalue weighted by Crippen LogP contribution is 2.12. The molecule has 1 heterocycles. The number of rotatable bonds is 21. The fourth-order valence-corrected chi connectivity index (χ4v) is 4.35. The summed E-state index contributed by atoms with van der Waals surface area (Å²) in [6.07, 6.45) is 31.1. The third kappa shape index (κ3) is 13.2. The molecule has 0 bridgehead atoms. The molecule has 0 saturated carbocycles. The van der Waals surface area contributed by atoms with Crippen molar-refractivity contribution >= 4 is 0 Å². The van der Waals surface area contributed by atoms with Crippen LogP contribution in [0.15, 0.2) is 12.4 Å². The van der Waals surface area contributed by atoms with E-state index in [1.54, 1.807) is 5.82 Å². The normalized spacial score (nSPS) is 11.4. The Balaban J connectivity index is 2.23. The van der Waals surface area contributed by atoms with Gasteiger partial charge in [-0.25, -0.2) is 9.13 Å². The van der Waals surface area contributed by atoms with Gasteiger partial charge in [-0.15, -0.1) is 0 Å². The first-order chi connectivity index (χ1) is 14.3. The molecule has 1 aromatic rings. The SMILES string of the molecule is CCCCCCCCCCCCC[n+]1ccn(CCCC)c1CCCCCCC. The molecular weight excluding hydrogens is 352 g/mol. The van der Waals surface area contributed by atoms with Crippen LogP contribution < -0.4 is 4.57 Å². The van der Waals surface area contributed by atoms with Crippen LogP contribution in [-0.2, 0) is 19.5 Å². The number of imidazole rings is 1. The van der Waals surface area contributed by atoms with Crippen molar-refractivity contribution in [2.75, 3.05) is 0 Å². The van der Waals surface area contributed by atoms with Crippen LogP contribution in [0.25, 0.3) is 0 Å². The van der Waals surface area contributed by atoms with Crippen LogP contribution in [0, 0.1) is 0 Å². The second kappa shape index (κ2) is 19.2. The van der Waals surface area contributed by atoms with Crippen molar-refractivity contribution < 1.29 is 4.57 Å². The van der Waals surface area contributed by atoms with Gasteiger partial charge in [-0.3, -0.25) is 0 Å². The molecule has 0 spiro atoms. The van der Waals surface area contributed by atoms with Crippen LogP contribution in [0.1, 0.15) is 142 Å². The molecule has 0 amide bonds. The molecule has 0 fully saturated rings. The molecule has 0 aliphatic rings. The summed E-state index contributed by atoms with van der Waals surface area (Å²) in [6, 6.07) is 0. The maximum Gasteiger partial charge on any atom is 0.256 e. The highest BCUT2D eigenvalue weighted by Gasteiger charge is 2.16. The van der Waals surface area contributed by atoms with Crippen LogP contribution in [0.4, 0.5) is 0 Å². The maximum absolute atomic E-state index is 2.57. The average Bonchev–Trinajstić information content (AvgIpc) is 3.12. The average molecular weight is 406 g/mol. The predicted molar refractivity (Wildman–Crippen MR) is 128 cm³/mol. The first-order valence-corrected chi connectivity index (χ1v) is 13.4. The summed E-state index contributed by atoms with van der Waals surface area (Å²) in [5.74, 6) is 1.59. The Morgan fingerprint density at radius 1 is 0.586 bits per heavy atom. The monoisotopic (exact) mass is 405 g/mol. The molecule has 2 nitrogen and oxygen atoms in total. The van der Waals surface area contributed by atoms with Crippen molar-refractivity contribution in [2.45, 2.75) is 156 Å². The molecule has 29 heavy (non-hydrogen) atoms. The van der Waals surface area contributed by atoms with Gasteiger partial charge in [0, 0.05) is 6.42 Å². The quantitative estimate of drug-likeness (QED) is 0.143. The van der Waals surface area contributed by atoms with Gasteiger partial charge < -0.3 is 0 Å². The minimum atomic E-state index is 1.20. The van der Waals surface area contributed by atoms with Crippen molar-refractivity contribution in [3.8, 4) is 0 Å². The largest absolute Gasteiger partial charge is 0.256 e. The van der Waals surface area contributed by atoms with E-state index in [9.17, 15) is 0 Å². The first-order valence-electron chi connectivity index (χ1n) is 13.4. The van der Waals surface area contributed by atoms with Crippen molar-refractivity contribution in [3.05, 3.63) is 18.2 Å². The lowest BCUT2D eigenvalue weighted by atomic mass is 10.1. The number of hydrogen-bond acceptors (Lipinski definition) is 0. The van der Waals surface area contributed by atoms with Crippen molar-refractivity contribution in [1.82, 2.24) is 4.57 Å². The van der Waals surface area contributed by atoms with Crippen molar-refractivity contribution in [1.29, 1.82) is 0 Å². The van der Waals surface area contributed by atoms with Gasteiger partial charge in [-0.05, 0) is 25.7 Å². The lowest BCUT2D eigenvalue weighted by molar-refractivity contribution is -0.704. The number of aryl methyl sites for hydroxylation is 2. The van der Waals surface area contributed by atoms with E-state index in [4.69, 9.17) is 0 Å². The van der Waals surface area contributed by atoms with E-state index < -0.39 is 0 Å². The summed E-state index contributed by atoms with van der Waals surface area (Å²) >= 11 is 0. The molecule has 2 heteroatoms. The third-order valence-corrected chi connectivity index (χ3v) is 6.35. The van der Waals surface area contributed by atoms with Gasteiger partial charge in [0.2, 0.25) is 0 Å². The topological polar surface area (TPSA) is 8.81 Å². The Labute approximate surface area is 183 Å². The zero-order chi connectivity index (χ0) is 21.0. The zero-order valence-corrected chi connectivity index (χ0v) is 20.4. The van der Waals surface area contributed by atoms with E-state index in [1.165, 1.54) is 135 Å². The fraction of sp³-hybridized carbons (Fsp3) is 0.889. The molecule has 0 aromatic carbocycles. The van der Waals surface area contributed by atoms with Crippen LogP contribution in [0.2, 0.25) is 0 Å². The number of hydrogen-bond donors (Lipinski definition) is 0. The molecule has 0 radical (unpaired) electrons. The minimum absolute atomic E-state index is 1.20. The second-order valence-electron chi connectivity index (χ2n) is 9.15. The summed E-state index contributed by atoms with van der Waals surface area (Å²) in [4.78, 5) is 0. The van der Waals surface area contributed by atoms with Crippen molar-refractivity contribution in [2.24, 2.45) is 0 Å². The summed E-state index contributed by atoms with van der Waals surface area (Å²) < 4.78 is 5.12. The van der Waals surface area contributed by atoms with E-state index in [1.807, 2.05) is 0 Å². The second-order valence-corrected chi connectivity index (χ2v) is 9.15. The Kier molecular flexibility index (Phi) is 17.4. The van der Waals surface area contributed by atoms with Crippen LogP contribution >= 0.6 is 0 Å². The molecule has 0 unspecified atom stereocenters. The van der Waals surface area contributed by atoms with Gasteiger partial charge in [0.05, 0.1) is 13.1 Å². The number of aromatic nitrogens is 2. The lowest BCUT2D eigenvalue weighted by Crippen LogP contribution is -2.37. The van der Waals surface area contributed by atoms with Gasteiger partial charge >= 0.3 is 0 Å². The minimum Gasteiger partial charge on any atom is -0.234 e. The highest BCUT2D eigenvalue weighted by atomic mass is 15.1. The van der Waals surface area contributed by atoms with Gasteiger partial charge in [-0.1, -0.05) is 111 Å². The Morgan fingerprint density at radius 2 is 1.07 bits per heavy atom. The smallest absolute Gasteiger partial charge is 0.234 e. The molecule has 0 atom stereocenters. The summed E-state index contributed by atoms with van der Waals surface area (Å²) in [5.41, 5.74) is 0. The number of nitrogens with zero attached hydrogens (tertiary/aromatic N) is 2. The lowest BCUT2D eigenvalue weighted by Gasteiger charge is -2.06. The molecule has 170 valence electrons. The summed E-state index contributed by atoms with van der Waals surface area (Å²) in [5, 5.41) is 0. The Morgan fingerprint density at radius 3 is 1.62 bits per heavy atom. The van der Waals surface area contributed by atoms with Crippen LogP contribution in [0.3, 0.4) is 0 Å². The maximum atomic E-state index is 2.57. The van der Waals surface area contributed by atoms with E-state index in [0.29, 0.717) is 0 Å². The Bertz CT molecular complexity index is 463.